The number of hydrogen-bond donors (Lipinski definition) is 0. The Balaban J connectivity index is 2.29. The molecule has 0 atom stereocenters. The summed E-state index contributed by atoms with van der Waals surface area (Å²) >= 11 is 9.12. The van der Waals surface area contributed by atoms with E-state index in [9.17, 15) is 0 Å². The largest absolute Gasteiger partial charge is 0.353 e. The summed E-state index contributed by atoms with van der Waals surface area (Å²) in [5.41, 5.74) is 0.880. The maximum absolute atomic E-state index is 6.11. The van der Waals surface area contributed by atoms with Gasteiger partial charge in [0.1, 0.15) is 16.0 Å². The molecule has 102 valence electrons. The van der Waals surface area contributed by atoms with E-state index in [1.165, 1.54) is 23.1 Å². The Morgan fingerprint density at radius 2 is 2.00 bits per heavy atom. The maximum atomic E-state index is 6.11. The first kappa shape index (κ1) is 14.5. The molecule has 0 aliphatic rings. The number of halogens is 1. The molecular weight excluding hydrogens is 302 g/mol. The summed E-state index contributed by atoms with van der Waals surface area (Å²) in [5.74, 6) is 0.746. The van der Waals surface area contributed by atoms with Gasteiger partial charge in [0.15, 0.2) is 4.34 Å². The zero-order valence-corrected chi connectivity index (χ0v) is 13.5. The van der Waals surface area contributed by atoms with E-state index in [2.05, 4.69) is 20.2 Å². The molecule has 0 aliphatic heterocycles. The van der Waals surface area contributed by atoms with Gasteiger partial charge in [-0.15, -0.1) is 10.2 Å². The highest BCUT2D eigenvalue weighted by Crippen LogP contribution is 2.34. The van der Waals surface area contributed by atoms with Gasteiger partial charge in [-0.05, 0) is 18.7 Å². The van der Waals surface area contributed by atoms with Crippen molar-refractivity contribution >= 4 is 39.8 Å². The van der Waals surface area contributed by atoms with Crippen molar-refractivity contribution < 1.29 is 0 Å². The van der Waals surface area contributed by atoms with E-state index in [1.807, 2.05) is 32.8 Å². The summed E-state index contributed by atoms with van der Waals surface area (Å²) in [4.78, 5) is 10.7. The van der Waals surface area contributed by atoms with Crippen molar-refractivity contribution in [1.82, 2.24) is 20.2 Å². The smallest absolute Gasteiger partial charge is 0.208 e. The number of anilines is 1. The monoisotopic (exact) mass is 315 g/mol. The van der Waals surface area contributed by atoms with Crippen LogP contribution < -0.4 is 4.90 Å². The first-order valence-corrected chi connectivity index (χ1v) is 7.74. The lowest BCUT2D eigenvalue weighted by Gasteiger charge is -2.06. The first-order valence-electron chi connectivity index (χ1n) is 5.73. The number of aryl methyl sites for hydroxylation is 1. The zero-order chi connectivity index (χ0) is 14.0. The molecule has 8 heteroatoms. The van der Waals surface area contributed by atoms with Crippen molar-refractivity contribution in [3.05, 3.63) is 16.5 Å². The lowest BCUT2D eigenvalue weighted by atomic mass is 10.3. The summed E-state index contributed by atoms with van der Waals surface area (Å²) in [6.07, 6.45) is 0.757. The Kier molecular flexibility index (Phi) is 4.59. The van der Waals surface area contributed by atoms with Crippen LogP contribution in [0.1, 0.15) is 18.3 Å². The van der Waals surface area contributed by atoms with Crippen molar-refractivity contribution in [3.8, 4) is 0 Å². The van der Waals surface area contributed by atoms with E-state index in [0.29, 0.717) is 5.15 Å². The van der Waals surface area contributed by atoms with Gasteiger partial charge in [-0.3, -0.25) is 0 Å². The van der Waals surface area contributed by atoms with Crippen LogP contribution in [0.5, 0.6) is 0 Å². The van der Waals surface area contributed by atoms with Gasteiger partial charge in [-0.25, -0.2) is 9.97 Å². The number of nitrogens with zero attached hydrogens (tertiary/aromatic N) is 5. The van der Waals surface area contributed by atoms with E-state index in [4.69, 9.17) is 11.6 Å². The summed E-state index contributed by atoms with van der Waals surface area (Å²) in [7, 11) is 3.88. The van der Waals surface area contributed by atoms with E-state index < -0.39 is 0 Å². The minimum atomic E-state index is 0.506. The second-order valence-corrected chi connectivity index (χ2v) is 6.61. The van der Waals surface area contributed by atoms with Crippen LogP contribution in [-0.2, 0) is 6.42 Å². The van der Waals surface area contributed by atoms with Crippen LogP contribution in [0.15, 0.2) is 9.37 Å². The Hall–Kier alpha value is -0.920. The van der Waals surface area contributed by atoms with Crippen molar-refractivity contribution in [2.24, 2.45) is 0 Å². The molecule has 0 aromatic carbocycles. The number of aromatic nitrogens is 4. The van der Waals surface area contributed by atoms with Crippen LogP contribution in [0.2, 0.25) is 5.15 Å². The molecule has 0 radical (unpaired) electrons. The lowest BCUT2D eigenvalue weighted by molar-refractivity contribution is 0.870. The van der Waals surface area contributed by atoms with Crippen LogP contribution in [0.4, 0.5) is 5.13 Å². The average Bonchev–Trinajstić information content (AvgIpc) is 2.83. The molecule has 2 aromatic rings. The minimum Gasteiger partial charge on any atom is -0.353 e. The second-order valence-electron chi connectivity index (χ2n) is 4.06. The average molecular weight is 316 g/mol. The normalized spacial score (nSPS) is 10.8. The third kappa shape index (κ3) is 3.34. The standard InChI is InChI=1S/C11H14ClN5S2/c1-5-7-13-8(12)6(2)9(14-7)18-11-16-15-10(19-11)17(3)4/h5H2,1-4H3. The fourth-order valence-corrected chi connectivity index (χ4v) is 3.30. The summed E-state index contributed by atoms with van der Waals surface area (Å²) in [6, 6.07) is 0. The summed E-state index contributed by atoms with van der Waals surface area (Å²) in [6.45, 7) is 3.92. The molecule has 0 fully saturated rings. The molecule has 2 aromatic heterocycles. The first-order chi connectivity index (χ1) is 9.01. The van der Waals surface area contributed by atoms with Gasteiger partial charge in [-0.1, -0.05) is 29.9 Å². The molecule has 0 spiro atoms. The Morgan fingerprint density at radius 3 is 2.58 bits per heavy atom. The third-order valence-electron chi connectivity index (χ3n) is 2.37. The van der Waals surface area contributed by atoms with Gasteiger partial charge in [0.2, 0.25) is 5.13 Å². The predicted octanol–water partition coefficient (Wildman–Crippen LogP) is 3.07. The van der Waals surface area contributed by atoms with E-state index in [-0.39, 0.29) is 0 Å². The molecule has 2 heterocycles. The van der Waals surface area contributed by atoms with E-state index in [1.54, 1.807) is 0 Å². The van der Waals surface area contributed by atoms with Crippen molar-refractivity contribution in [2.75, 3.05) is 19.0 Å². The van der Waals surface area contributed by atoms with Crippen LogP contribution in [0.25, 0.3) is 0 Å². The molecule has 0 amide bonds. The second kappa shape index (κ2) is 6.02. The van der Waals surface area contributed by atoms with Gasteiger partial charge < -0.3 is 4.90 Å². The molecule has 0 bridgehead atoms. The molecule has 0 saturated heterocycles. The maximum Gasteiger partial charge on any atom is 0.208 e. The summed E-state index contributed by atoms with van der Waals surface area (Å²) in [5, 5.41) is 10.5. The molecule has 0 N–H and O–H groups in total. The molecular formula is C11H14ClN5S2. The van der Waals surface area contributed by atoms with Crippen LogP contribution in [-0.4, -0.2) is 34.3 Å². The van der Waals surface area contributed by atoms with Crippen LogP contribution >= 0.6 is 34.7 Å². The molecule has 2 rings (SSSR count). The fraction of sp³-hybridized carbons (Fsp3) is 0.455. The molecule has 0 saturated carbocycles. The van der Waals surface area contributed by atoms with Crippen LogP contribution in [0.3, 0.4) is 0 Å². The third-order valence-corrected chi connectivity index (χ3v) is 4.97. The Morgan fingerprint density at radius 1 is 1.26 bits per heavy atom. The lowest BCUT2D eigenvalue weighted by Crippen LogP contribution is -2.07. The topological polar surface area (TPSA) is 54.8 Å². The van der Waals surface area contributed by atoms with Crippen molar-refractivity contribution in [2.45, 2.75) is 29.6 Å². The van der Waals surface area contributed by atoms with Gasteiger partial charge >= 0.3 is 0 Å². The van der Waals surface area contributed by atoms with E-state index >= 15 is 0 Å². The van der Waals surface area contributed by atoms with Crippen molar-refractivity contribution in [3.63, 3.8) is 0 Å². The number of hydrogen-bond acceptors (Lipinski definition) is 7. The molecule has 5 nitrogen and oxygen atoms in total. The van der Waals surface area contributed by atoms with Crippen molar-refractivity contribution in [1.29, 1.82) is 0 Å². The molecule has 0 aliphatic carbocycles. The zero-order valence-electron chi connectivity index (χ0n) is 11.1. The van der Waals surface area contributed by atoms with E-state index in [0.717, 1.165) is 32.3 Å². The number of rotatable bonds is 4. The Labute approximate surface area is 125 Å². The van der Waals surface area contributed by atoms with Gasteiger partial charge in [-0.2, -0.15) is 0 Å². The van der Waals surface area contributed by atoms with Crippen LogP contribution in [0, 0.1) is 6.92 Å². The highest BCUT2D eigenvalue weighted by molar-refractivity contribution is 8.01. The van der Waals surface area contributed by atoms with Gasteiger partial charge in [0.05, 0.1) is 0 Å². The SMILES string of the molecule is CCc1nc(Cl)c(C)c(Sc2nnc(N(C)C)s2)n1. The quantitative estimate of drug-likeness (QED) is 0.808. The molecule has 19 heavy (non-hydrogen) atoms. The highest BCUT2D eigenvalue weighted by Gasteiger charge is 2.13. The Bertz CT molecular complexity index is 584. The molecule has 0 unspecified atom stereocenters. The van der Waals surface area contributed by atoms with Gasteiger partial charge in [0.25, 0.3) is 0 Å². The predicted molar refractivity (Wildman–Crippen MR) is 79.5 cm³/mol. The fourth-order valence-electron chi connectivity index (χ4n) is 1.28. The minimum absolute atomic E-state index is 0.506. The summed E-state index contributed by atoms with van der Waals surface area (Å²) < 4.78 is 0.851. The van der Waals surface area contributed by atoms with Gasteiger partial charge in [0, 0.05) is 26.1 Å². The highest BCUT2D eigenvalue weighted by atomic mass is 35.5.